The molecular formula is C12H22BrNO2. The summed E-state index contributed by atoms with van der Waals surface area (Å²) in [4.78, 5) is 13.6. The zero-order chi connectivity index (χ0) is 11.8. The maximum atomic E-state index is 11.7. The lowest BCUT2D eigenvalue weighted by Gasteiger charge is -2.23. The number of nitrogens with zero attached hydrogens (tertiary/aromatic N) is 1. The summed E-state index contributed by atoms with van der Waals surface area (Å²) in [6.45, 7) is 1.72. The minimum atomic E-state index is 0.245. The van der Waals surface area contributed by atoms with E-state index in [-0.39, 0.29) is 5.91 Å². The fourth-order valence-electron chi connectivity index (χ4n) is 1.93. The Kier molecular flexibility index (Phi) is 7.05. The van der Waals surface area contributed by atoms with Gasteiger partial charge in [-0.15, -0.1) is 0 Å². The normalized spacial score (nSPS) is 20.8. The van der Waals surface area contributed by atoms with E-state index in [1.807, 2.05) is 11.9 Å². The third-order valence-corrected chi connectivity index (χ3v) is 3.57. The predicted molar refractivity (Wildman–Crippen MR) is 68.9 cm³/mol. The summed E-state index contributed by atoms with van der Waals surface area (Å²) in [5, 5.41) is 0.955. The highest BCUT2D eigenvalue weighted by Gasteiger charge is 2.16. The van der Waals surface area contributed by atoms with Crippen LogP contribution in [0.15, 0.2) is 0 Å². The highest BCUT2D eigenvalue weighted by atomic mass is 79.9. The van der Waals surface area contributed by atoms with Gasteiger partial charge in [0, 0.05) is 32.0 Å². The first kappa shape index (κ1) is 14.0. The molecule has 0 aromatic heterocycles. The van der Waals surface area contributed by atoms with Crippen LogP contribution in [0.4, 0.5) is 0 Å². The molecule has 4 heteroatoms. The molecule has 1 amide bonds. The third-order valence-electron chi connectivity index (χ3n) is 3.01. The van der Waals surface area contributed by atoms with Crippen LogP contribution in [0.2, 0.25) is 0 Å². The van der Waals surface area contributed by atoms with E-state index < -0.39 is 0 Å². The number of ether oxygens (including phenoxy) is 1. The summed E-state index contributed by atoms with van der Waals surface area (Å²) < 4.78 is 5.61. The van der Waals surface area contributed by atoms with Gasteiger partial charge in [0.05, 0.1) is 6.10 Å². The maximum absolute atomic E-state index is 11.7. The molecule has 1 saturated heterocycles. The molecule has 16 heavy (non-hydrogen) atoms. The van der Waals surface area contributed by atoms with E-state index in [0.29, 0.717) is 12.5 Å². The van der Waals surface area contributed by atoms with Crippen LogP contribution in [0.1, 0.15) is 38.5 Å². The lowest BCUT2D eigenvalue weighted by Crippen LogP contribution is -2.29. The molecule has 1 aliphatic heterocycles. The van der Waals surface area contributed by atoms with Crippen molar-refractivity contribution in [3.63, 3.8) is 0 Å². The fraction of sp³-hybridized carbons (Fsp3) is 0.917. The van der Waals surface area contributed by atoms with E-state index in [4.69, 9.17) is 4.74 Å². The summed E-state index contributed by atoms with van der Waals surface area (Å²) in [5.74, 6) is 0.245. The van der Waals surface area contributed by atoms with Gasteiger partial charge in [-0.3, -0.25) is 4.79 Å². The van der Waals surface area contributed by atoms with Crippen LogP contribution >= 0.6 is 15.9 Å². The molecule has 1 heterocycles. The lowest BCUT2D eigenvalue weighted by atomic mass is 10.0. The molecule has 0 saturated carbocycles. The van der Waals surface area contributed by atoms with Crippen molar-refractivity contribution >= 4 is 21.8 Å². The van der Waals surface area contributed by atoms with Gasteiger partial charge in [0.25, 0.3) is 0 Å². The zero-order valence-electron chi connectivity index (χ0n) is 10.1. The molecule has 0 aromatic carbocycles. The van der Waals surface area contributed by atoms with Crippen LogP contribution < -0.4 is 0 Å². The van der Waals surface area contributed by atoms with Gasteiger partial charge in [0.2, 0.25) is 5.91 Å². The quantitative estimate of drug-likeness (QED) is 0.704. The second-order valence-corrected chi connectivity index (χ2v) is 5.18. The van der Waals surface area contributed by atoms with Crippen molar-refractivity contribution in [2.45, 2.75) is 44.6 Å². The number of halogens is 1. The van der Waals surface area contributed by atoms with Crippen LogP contribution in [0, 0.1) is 0 Å². The Hall–Kier alpha value is -0.0900. The lowest BCUT2D eigenvalue weighted by molar-refractivity contribution is -0.130. The van der Waals surface area contributed by atoms with Crippen molar-refractivity contribution in [2.75, 3.05) is 25.5 Å². The number of carbonyl (C=O) groups excluding carboxylic acids is 1. The molecule has 0 aromatic rings. The van der Waals surface area contributed by atoms with Crippen LogP contribution in [0.3, 0.4) is 0 Å². The molecule has 1 fully saturated rings. The number of hydrogen-bond donors (Lipinski definition) is 0. The van der Waals surface area contributed by atoms with Gasteiger partial charge >= 0.3 is 0 Å². The molecule has 94 valence electrons. The standard InChI is InChI=1S/C12H22BrNO2/c1-14(9-4-8-13)12(15)7-6-11-5-2-3-10-16-11/h11H,2-10H2,1H3. The smallest absolute Gasteiger partial charge is 0.222 e. The Morgan fingerprint density at radius 2 is 2.31 bits per heavy atom. The minimum Gasteiger partial charge on any atom is -0.378 e. The average Bonchev–Trinajstić information content (AvgIpc) is 2.34. The fourth-order valence-corrected chi connectivity index (χ4v) is 2.18. The van der Waals surface area contributed by atoms with E-state index in [1.165, 1.54) is 12.8 Å². The Morgan fingerprint density at radius 1 is 1.50 bits per heavy atom. The van der Waals surface area contributed by atoms with Crippen molar-refractivity contribution in [3.05, 3.63) is 0 Å². The Labute approximate surface area is 107 Å². The molecule has 0 spiro atoms. The SMILES string of the molecule is CN(CCCBr)C(=O)CCC1CCCCO1. The van der Waals surface area contributed by atoms with E-state index in [1.54, 1.807) is 0 Å². The van der Waals surface area contributed by atoms with E-state index in [2.05, 4.69) is 15.9 Å². The Balaban J connectivity index is 2.12. The summed E-state index contributed by atoms with van der Waals surface area (Å²) in [5.41, 5.74) is 0. The zero-order valence-corrected chi connectivity index (χ0v) is 11.7. The molecule has 0 bridgehead atoms. The van der Waals surface area contributed by atoms with Gasteiger partial charge in [-0.05, 0) is 32.1 Å². The van der Waals surface area contributed by atoms with Gasteiger partial charge in [-0.2, -0.15) is 0 Å². The maximum Gasteiger partial charge on any atom is 0.222 e. The molecule has 0 N–H and O–H groups in total. The largest absolute Gasteiger partial charge is 0.378 e. The van der Waals surface area contributed by atoms with Crippen LogP contribution in [-0.2, 0) is 9.53 Å². The monoisotopic (exact) mass is 291 g/mol. The van der Waals surface area contributed by atoms with E-state index in [9.17, 15) is 4.79 Å². The highest BCUT2D eigenvalue weighted by molar-refractivity contribution is 9.09. The molecule has 0 radical (unpaired) electrons. The summed E-state index contributed by atoms with van der Waals surface area (Å²) >= 11 is 3.37. The molecule has 1 aliphatic rings. The Bertz CT molecular complexity index is 205. The van der Waals surface area contributed by atoms with Crippen LogP contribution in [0.5, 0.6) is 0 Å². The summed E-state index contributed by atoms with van der Waals surface area (Å²) in [7, 11) is 1.88. The van der Waals surface area contributed by atoms with Crippen LogP contribution in [0.25, 0.3) is 0 Å². The molecule has 1 unspecified atom stereocenters. The number of amides is 1. The molecule has 3 nitrogen and oxygen atoms in total. The summed E-state index contributed by atoms with van der Waals surface area (Å²) in [6.07, 6.45) is 6.40. The Morgan fingerprint density at radius 3 is 2.94 bits per heavy atom. The van der Waals surface area contributed by atoms with Crippen molar-refractivity contribution in [1.29, 1.82) is 0 Å². The van der Waals surface area contributed by atoms with E-state index >= 15 is 0 Å². The number of hydrogen-bond acceptors (Lipinski definition) is 2. The number of rotatable bonds is 6. The predicted octanol–water partition coefficient (Wildman–Crippen LogP) is 2.58. The number of alkyl halides is 1. The second-order valence-electron chi connectivity index (χ2n) is 4.39. The van der Waals surface area contributed by atoms with Gasteiger partial charge in [0.15, 0.2) is 0 Å². The topological polar surface area (TPSA) is 29.5 Å². The average molecular weight is 292 g/mol. The molecular weight excluding hydrogens is 270 g/mol. The second kappa shape index (κ2) is 8.07. The number of carbonyl (C=O) groups is 1. The van der Waals surface area contributed by atoms with Gasteiger partial charge < -0.3 is 9.64 Å². The molecule has 1 rings (SSSR count). The van der Waals surface area contributed by atoms with E-state index in [0.717, 1.165) is 37.7 Å². The molecule has 0 aliphatic carbocycles. The minimum absolute atomic E-state index is 0.245. The van der Waals surface area contributed by atoms with Crippen molar-refractivity contribution < 1.29 is 9.53 Å². The summed E-state index contributed by atoms with van der Waals surface area (Å²) in [6, 6.07) is 0. The first-order valence-electron chi connectivity index (χ1n) is 6.15. The van der Waals surface area contributed by atoms with Crippen LogP contribution in [-0.4, -0.2) is 42.4 Å². The highest BCUT2D eigenvalue weighted by Crippen LogP contribution is 2.17. The van der Waals surface area contributed by atoms with Gasteiger partial charge in [0.1, 0.15) is 0 Å². The third kappa shape index (κ3) is 5.30. The van der Waals surface area contributed by atoms with Crippen molar-refractivity contribution in [2.24, 2.45) is 0 Å². The van der Waals surface area contributed by atoms with Gasteiger partial charge in [-0.25, -0.2) is 0 Å². The first-order chi connectivity index (χ1) is 7.74. The van der Waals surface area contributed by atoms with Gasteiger partial charge in [-0.1, -0.05) is 15.9 Å². The molecule has 1 atom stereocenters. The van der Waals surface area contributed by atoms with Crippen molar-refractivity contribution in [3.8, 4) is 0 Å². The first-order valence-corrected chi connectivity index (χ1v) is 7.27. The van der Waals surface area contributed by atoms with Crippen molar-refractivity contribution in [1.82, 2.24) is 4.90 Å².